The lowest BCUT2D eigenvalue weighted by molar-refractivity contribution is -0.122. The second-order valence-corrected chi connectivity index (χ2v) is 6.26. The number of carbonyl (C=O) groups is 2. The Labute approximate surface area is 145 Å². The maximum absolute atomic E-state index is 12.1. The van der Waals surface area contributed by atoms with Crippen molar-refractivity contribution in [1.82, 2.24) is 10.3 Å². The largest absolute Gasteiger partial charge is 0.355 e. The molecule has 2 N–H and O–H groups in total. The van der Waals surface area contributed by atoms with Crippen LogP contribution in [0.15, 0.2) is 48.8 Å². The van der Waals surface area contributed by atoms with Gasteiger partial charge in [0.15, 0.2) is 0 Å². The summed E-state index contributed by atoms with van der Waals surface area (Å²) < 4.78 is 0. The molecule has 1 saturated carbocycles. The molecular formula is C18H18ClN3O2. The van der Waals surface area contributed by atoms with Crippen molar-refractivity contribution in [1.29, 1.82) is 0 Å². The molecule has 1 aromatic heterocycles. The minimum absolute atomic E-state index is 0.00515. The fourth-order valence-electron chi connectivity index (χ4n) is 2.65. The molecule has 2 aromatic rings. The molecule has 1 aromatic carbocycles. The third-order valence-corrected chi connectivity index (χ3v) is 4.29. The van der Waals surface area contributed by atoms with Gasteiger partial charge >= 0.3 is 0 Å². The van der Waals surface area contributed by atoms with Crippen molar-refractivity contribution in [2.75, 3.05) is 11.9 Å². The Morgan fingerprint density at radius 3 is 2.54 bits per heavy atom. The summed E-state index contributed by atoms with van der Waals surface area (Å²) in [4.78, 5) is 27.8. The van der Waals surface area contributed by atoms with Crippen molar-refractivity contribution in [3.8, 4) is 0 Å². The smallest absolute Gasteiger partial charge is 0.226 e. The quantitative estimate of drug-likeness (QED) is 0.847. The van der Waals surface area contributed by atoms with Gasteiger partial charge in [0, 0.05) is 42.0 Å². The van der Waals surface area contributed by atoms with Crippen molar-refractivity contribution in [2.24, 2.45) is 5.92 Å². The molecule has 5 nitrogen and oxygen atoms in total. The van der Waals surface area contributed by atoms with E-state index in [1.807, 2.05) is 24.3 Å². The van der Waals surface area contributed by atoms with Crippen LogP contribution < -0.4 is 10.6 Å². The summed E-state index contributed by atoms with van der Waals surface area (Å²) in [5.41, 5.74) is 1.83. The number of aromatic nitrogens is 1. The summed E-state index contributed by atoms with van der Waals surface area (Å²) in [6.45, 7) is 0.333. The summed E-state index contributed by atoms with van der Waals surface area (Å²) in [6, 6.07) is 11.0. The number of hydrogen-bond acceptors (Lipinski definition) is 3. The summed E-state index contributed by atoms with van der Waals surface area (Å²) in [7, 11) is 0. The number of rotatable bonds is 6. The van der Waals surface area contributed by atoms with Gasteiger partial charge in [-0.2, -0.15) is 0 Å². The van der Waals surface area contributed by atoms with Crippen LogP contribution in [0.2, 0.25) is 5.02 Å². The highest BCUT2D eigenvalue weighted by atomic mass is 35.5. The number of anilines is 1. The van der Waals surface area contributed by atoms with Crippen LogP contribution in [0.25, 0.3) is 0 Å². The molecule has 2 amide bonds. The number of pyridine rings is 1. The van der Waals surface area contributed by atoms with E-state index in [4.69, 9.17) is 11.6 Å². The van der Waals surface area contributed by atoms with Gasteiger partial charge < -0.3 is 10.6 Å². The average Bonchev–Trinajstić information content (AvgIpc) is 3.37. The van der Waals surface area contributed by atoms with E-state index in [0.717, 1.165) is 12.0 Å². The van der Waals surface area contributed by atoms with Crippen molar-refractivity contribution < 1.29 is 9.59 Å². The van der Waals surface area contributed by atoms with Crippen LogP contribution in [0.4, 0.5) is 5.69 Å². The minimum Gasteiger partial charge on any atom is -0.355 e. The zero-order valence-corrected chi connectivity index (χ0v) is 13.8. The topological polar surface area (TPSA) is 71.1 Å². The first kappa shape index (κ1) is 16.5. The van der Waals surface area contributed by atoms with E-state index in [1.54, 1.807) is 24.5 Å². The Bertz CT molecular complexity index is 719. The van der Waals surface area contributed by atoms with Crippen LogP contribution in [0.3, 0.4) is 0 Å². The van der Waals surface area contributed by atoms with E-state index in [9.17, 15) is 9.59 Å². The van der Waals surface area contributed by atoms with Gasteiger partial charge in [0.05, 0.1) is 0 Å². The highest BCUT2D eigenvalue weighted by Gasteiger charge is 2.43. The van der Waals surface area contributed by atoms with E-state index in [-0.39, 0.29) is 30.1 Å². The summed E-state index contributed by atoms with van der Waals surface area (Å²) in [5, 5.41) is 6.29. The first-order valence-electron chi connectivity index (χ1n) is 7.86. The van der Waals surface area contributed by atoms with Gasteiger partial charge in [-0.1, -0.05) is 23.7 Å². The predicted molar refractivity (Wildman–Crippen MR) is 92.8 cm³/mol. The molecule has 124 valence electrons. The van der Waals surface area contributed by atoms with Gasteiger partial charge in [-0.3, -0.25) is 14.6 Å². The number of benzene rings is 1. The van der Waals surface area contributed by atoms with Crippen LogP contribution in [0.5, 0.6) is 0 Å². The molecule has 0 aliphatic heterocycles. The van der Waals surface area contributed by atoms with Gasteiger partial charge in [0.2, 0.25) is 11.8 Å². The monoisotopic (exact) mass is 343 g/mol. The molecule has 1 fully saturated rings. The zero-order chi connectivity index (χ0) is 16.9. The Kier molecular flexibility index (Phi) is 5.11. The van der Waals surface area contributed by atoms with Gasteiger partial charge in [-0.05, 0) is 42.2 Å². The summed E-state index contributed by atoms with van der Waals surface area (Å²) in [6.07, 6.45) is 4.31. The van der Waals surface area contributed by atoms with Crippen molar-refractivity contribution >= 4 is 29.1 Å². The van der Waals surface area contributed by atoms with E-state index in [0.29, 0.717) is 17.3 Å². The van der Waals surface area contributed by atoms with Crippen molar-refractivity contribution in [2.45, 2.75) is 18.8 Å². The third-order valence-electron chi connectivity index (χ3n) is 4.04. The van der Waals surface area contributed by atoms with Crippen molar-refractivity contribution in [3.63, 3.8) is 0 Å². The molecule has 24 heavy (non-hydrogen) atoms. The average molecular weight is 344 g/mol. The lowest BCUT2D eigenvalue weighted by Gasteiger charge is -2.06. The molecule has 3 rings (SSSR count). The van der Waals surface area contributed by atoms with E-state index >= 15 is 0 Å². The van der Waals surface area contributed by atoms with Crippen LogP contribution >= 0.6 is 11.6 Å². The molecule has 0 saturated heterocycles. The number of carbonyl (C=O) groups excluding carboxylic acids is 2. The van der Waals surface area contributed by atoms with Crippen LogP contribution in [-0.4, -0.2) is 23.3 Å². The van der Waals surface area contributed by atoms with Gasteiger partial charge in [-0.15, -0.1) is 0 Å². The normalized spacial score (nSPS) is 18.7. The standard InChI is InChI=1S/C18H18ClN3O2/c19-13-3-1-12(2-4-13)15-11-16(15)18(24)21-10-7-17(23)22-14-5-8-20-9-6-14/h1-6,8-9,15-16H,7,10-11H2,(H,21,24)(H,20,22,23)/t15-,16-/m0/s1. The predicted octanol–water partition coefficient (Wildman–Crippen LogP) is 2.98. The number of nitrogens with one attached hydrogen (secondary N) is 2. The lowest BCUT2D eigenvalue weighted by atomic mass is 10.1. The van der Waals surface area contributed by atoms with Gasteiger partial charge in [0.25, 0.3) is 0 Å². The third kappa shape index (κ3) is 4.32. The molecule has 1 aliphatic rings. The molecule has 0 bridgehead atoms. The van der Waals surface area contributed by atoms with Crippen LogP contribution in [0, 0.1) is 5.92 Å². The number of halogens is 1. The summed E-state index contributed by atoms with van der Waals surface area (Å²) in [5.74, 6) is 0.126. The van der Waals surface area contributed by atoms with E-state index in [2.05, 4.69) is 15.6 Å². The lowest BCUT2D eigenvalue weighted by Crippen LogP contribution is -2.29. The maximum atomic E-state index is 12.1. The highest BCUT2D eigenvalue weighted by Crippen LogP contribution is 2.47. The first-order valence-corrected chi connectivity index (χ1v) is 8.24. The van der Waals surface area contributed by atoms with E-state index in [1.165, 1.54) is 0 Å². The SMILES string of the molecule is O=C(CCNC(=O)[C@H]1C[C@H]1c1ccc(Cl)cc1)Nc1ccncc1. The van der Waals surface area contributed by atoms with Gasteiger partial charge in [0.1, 0.15) is 0 Å². The highest BCUT2D eigenvalue weighted by molar-refractivity contribution is 6.30. The first-order chi connectivity index (χ1) is 11.6. The van der Waals surface area contributed by atoms with Gasteiger partial charge in [-0.25, -0.2) is 0 Å². The molecule has 0 radical (unpaired) electrons. The Morgan fingerprint density at radius 2 is 1.83 bits per heavy atom. The Morgan fingerprint density at radius 1 is 1.12 bits per heavy atom. The Balaban J connectivity index is 1.39. The van der Waals surface area contributed by atoms with Crippen LogP contribution in [0.1, 0.15) is 24.3 Å². The molecule has 0 spiro atoms. The molecule has 6 heteroatoms. The van der Waals surface area contributed by atoms with Crippen LogP contribution in [-0.2, 0) is 9.59 Å². The number of hydrogen-bond donors (Lipinski definition) is 2. The fraction of sp³-hybridized carbons (Fsp3) is 0.278. The Hall–Kier alpha value is -2.40. The molecule has 0 unspecified atom stereocenters. The van der Waals surface area contributed by atoms with E-state index < -0.39 is 0 Å². The molecule has 1 aliphatic carbocycles. The van der Waals surface area contributed by atoms with Crippen molar-refractivity contribution in [3.05, 3.63) is 59.4 Å². The second kappa shape index (κ2) is 7.45. The molecule has 2 atom stereocenters. The fourth-order valence-corrected chi connectivity index (χ4v) is 2.78. The molecular weight excluding hydrogens is 326 g/mol. The minimum atomic E-state index is -0.133. The summed E-state index contributed by atoms with van der Waals surface area (Å²) >= 11 is 5.87. The number of nitrogens with zero attached hydrogens (tertiary/aromatic N) is 1. The number of amides is 2. The molecule has 1 heterocycles. The zero-order valence-electron chi connectivity index (χ0n) is 13.0. The second-order valence-electron chi connectivity index (χ2n) is 5.83. The maximum Gasteiger partial charge on any atom is 0.226 e.